The molecule has 2 saturated carbocycles. The number of methoxy groups -OCH3 is 2. The molecule has 4 bridgehead atoms. The van der Waals surface area contributed by atoms with Crippen LogP contribution >= 0.6 is 85.0 Å². The van der Waals surface area contributed by atoms with Crippen LogP contribution in [0, 0.1) is 0 Å². The third kappa shape index (κ3) is 11.2. The molecule has 0 amide bonds. The van der Waals surface area contributed by atoms with Crippen LogP contribution in [0.4, 0.5) is 10.3 Å². The standard InChI is InChI=1S/C35H32Cl2N4O3S.C29H27BrCl2N4O3S/c1-43-34(42)25-17-30-29(16-24(25)19-6-3-2-4-7-19)39-35(45-30)41-22-12-13-23(41)15-21(14-22)38-18-26-32(40-44-33(26)20-10-11-20)31-27(36)8-5-9-28(31)37;1-38-28(37)18-11-24-23(12-20(18)30)34-29(40-24)36-16-7-8-17(36)10-15(9-16)33-13-19-26(35-39-27(19)14-5-6-14)25-21(31)3-2-4-22(25)32/h2-9,16-17,20-23,38H,10-15,18H2,1H3;2-4,11-12,14-17,33H,5-10,13H2,1H3. The molecule has 6 aliphatic rings. The maximum atomic E-state index is 12.8. The van der Waals surface area contributed by atoms with E-state index in [9.17, 15) is 9.59 Å². The lowest BCUT2D eigenvalue weighted by atomic mass is 9.97. The van der Waals surface area contributed by atoms with Gasteiger partial charge in [0.1, 0.15) is 22.9 Å². The molecule has 14 nitrogen and oxygen atoms in total. The van der Waals surface area contributed by atoms with Crippen LogP contribution in [0.2, 0.25) is 20.1 Å². The van der Waals surface area contributed by atoms with Crippen molar-refractivity contribution in [2.45, 2.75) is 138 Å². The van der Waals surface area contributed by atoms with Gasteiger partial charge in [-0.15, -0.1) is 0 Å². The molecule has 5 aromatic carbocycles. The second-order valence-electron chi connectivity index (χ2n) is 23.2. The van der Waals surface area contributed by atoms with Crippen LogP contribution < -0.4 is 20.4 Å². The van der Waals surface area contributed by atoms with Crippen molar-refractivity contribution >= 4 is 128 Å². The summed E-state index contributed by atoms with van der Waals surface area (Å²) in [5, 5.41) is 21.0. The van der Waals surface area contributed by atoms with Crippen LogP contribution in [-0.4, -0.2) is 82.7 Å². The highest BCUT2D eigenvalue weighted by Crippen LogP contribution is 2.50. The number of nitrogens with zero attached hydrogens (tertiary/aromatic N) is 6. The summed E-state index contributed by atoms with van der Waals surface area (Å²) in [6, 6.07) is 31.2. The fourth-order valence-corrected chi connectivity index (χ4v) is 17.4. The van der Waals surface area contributed by atoms with Crippen molar-refractivity contribution in [3.63, 3.8) is 0 Å². The van der Waals surface area contributed by atoms with Crippen molar-refractivity contribution in [1.82, 2.24) is 30.9 Å². The molecule has 2 N–H and O–H groups in total. The molecule has 4 atom stereocenters. The van der Waals surface area contributed by atoms with Gasteiger partial charge >= 0.3 is 11.9 Å². The predicted octanol–water partition coefficient (Wildman–Crippen LogP) is 16.9. The minimum Gasteiger partial charge on any atom is -0.465 e. The zero-order valence-corrected chi connectivity index (χ0v) is 52.8. The Kier molecular flexibility index (Phi) is 16.0. The Morgan fingerprint density at radius 1 is 0.576 bits per heavy atom. The summed E-state index contributed by atoms with van der Waals surface area (Å²) in [7, 11) is 2.83. The molecule has 438 valence electrons. The lowest BCUT2D eigenvalue weighted by Gasteiger charge is -2.39. The molecule has 0 spiro atoms. The van der Waals surface area contributed by atoms with Gasteiger partial charge in [-0.25, -0.2) is 19.6 Å². The average Bonchev–Trinajstić information content (AvgIpc) is 4.48. The predicted molar refractivity (Wildman–Crippen MR) is 341 cm³/mol. The number of rotatable bonds is 15. The first-order chi connectivity index (χ1) is 41.4. The number of fused-ring (bicyclic) bond motifs is 6. The van der Waals surface area contributed by atoms with Gasteiger partial charge in [0.25, 0.3) is 0 Å². The largest absolute Gasteiger partial charge is 0.465 e. The van der Waals surface area contributed by atoms with Gasteiger partial charge in [-0.2, -0.15) is 0 Å². The monoisotopic (exact) mass is 1320 g/mol. The Morgan fingerprint density at radius 2 is 1.00 bits per heavy atom. The number of carbonyl (C=O) groups is 2. The number of carbonyl (C=O) groups excluding carboxylic acids is 2. The normalized spacial score (nSPS) is 21.6. The van der Waals surface area contributed by atoms with Crippen molar-refractivity contribution in [2.75, 3.05) is 24.0 Å². The molecular formula is C64H59BrCl4N8O6S2. The first-order valence-corrected chi connectivity index (χ1v) is 33.0. The van der Waals surface area contributed by atoms with Crippen LogP contribution in [-0.2, 0) is 22.6 Å². The SMILES string of the molecule is COC(=O)c1cc2sc(N3C4CCC3CC(NCc3c(-c5c(Cl)cccc5Cl)noc3C3CC3)C4)nc2cc1-c1ccccc1.COC(=O)c1cc2sc(N3C4CCC3CC(NCc3c(-c5c(Cl)cccc5Cl)noc3C3CC3)C4)nc2cc1Br. The van der Waals surface area contributed by atoms with Gasteiger partial charge < -0.3 is 39.0 Å². The van der Waals surface area contributed by atoms with Gasteiger partial charge in [0.15, 0.2) is 10.3 Å². The van der Waals surface area contributed by atoms with Crippen LogP contribution in [0.15, 0.2) is 105 Å². The highest BCUT2D eigenvalue weighted by molar-refractivity contribution is 9.10. The molecule has 4 saturated heterocycles. The van der Waals surface area contributed by atoms with Gasteiger partial charge in [-0.3, -0.25) is 0 Å². The summed E-state index contributed by atoms with van der Waals surface area (Å²) in [6.45, 7) is 1.33. The zero-order chi connectivity index (χ0) is 58.2. The molecule has 0 radical (unpaired) electrons. The number of benzene rings is 5. The summed E-state index contributed by atoms with van der Waals surface area (Å²) in [4.78, 5) is 40.1. The highest BCUT2D eigenvalue weighted by Gasteiger charge is 2.45. The molecule has 21 heteroatoms. The van der Waals surface area contributed by atoms with Crippen LogP contribution in [0.3, 0.4) is 0 Å². The number of nitrogens with one attached hydrogen (secondary N) is 2. The summed E-state index contributed by atoms with van der Waals surface area (Å²) >= 11 is 33.1. The van der Waals surface area contributed by atoms with Crippen LogP contribution in [0.25, 0.3) is 54.1 Å². The number of ether oxygens (including phenoxy) is 2. The van der Waals surface area contributed by atoms with E-state index in [0.29, 0.717) is 96.9 Å². The average molecular weight is 1320 g/mol. The summed E-state index contributed by atoms with van der Waals surface area (Å²) in [6.07, 6.45) is 13.2. The first kappa shape index (κ1) is 57.2. The number of hydrogen-bond donors (Lipinski definition) is 2. The molecule has 85 heavy (non-hydrogen) atoms. The van der Waals surface area contributed by atoms with E-state index in [4.69, 9.17) is 74.9 Å². The van der Waals surface area contributed by atoms with Gasteiger partial charge in [-0.1, -0.05) is 122 Å². The number of thiazole rings is 2. The van der Waals surface area contributed by atoms with E-state index in [1.165, 1.54) is 14.2 Å². The lowest BCUT2D eigenvalue weighted by Crippen LogP contribution is -2.49. The van der Waals surface area contributed by atoms with Gasteiger partial charge in [0.05, 0.1) is 65.9 Å². The Hall–Kier alpha value is -5.60. The fraction of sp³-hybridized carbons (Fsp3) is 0.375. The van der Waals surface area contributed by atoms with Crippen molar-refractivity contribution in [3.8, 4) is 33.6 Å². The Bertz CT molecular complexity index is 3970. The molecule has 15 rings (SSSR count). The summed E-state index contributed by atoms with van der Waals surface area (Å²) in [5.41, 5.74) is 9.82. The minimum atomic E-state index is -0.353. The number of aromatic nitrogens is 4. The fourth-order valence-electron chi connectivity index (χ4n) is 13.5. The Labute approximate surface area is 527 Å². The van der Waals surface area contributed by atoms with E-state index >= 15 is 0 Å². The van der Waals surface area contributed by atoms with Crippen LogP contribution in [0.1, 0.15) is 132 Å². The molecule has 6 fully saturated rings. The molecule has 4 aliphatic heterocycles. The van der Waals surface area contributed by atoms with E-state index in [1.807, 2.05) is 91.0 Å². The smallest absolute Gasteiger partial charge is 0.339 e. The van der Waals surface area contributed by atoms with E-state index in [0.717, 1.165) is 164 Å². The molecule has 2 aliphatic carbocycles. The molecular weight excluding hydrogens is 1260 g/mol. The Balaban J connectivity index is 0.000000152. The molecule has 9 aromatic rings. The topological polar surface area (TPSA) is 161 Å². The van der Waals surface area contributed by atoms with Crippen molar-refractivity contribution in [2.24, 2.45) is 0 Å². The summed E-state index contributed by atoms with van der Waals surface area (Å²) < 4.78 is 24.5. The van der Waals surface area contributed by atoms with E-state index < -0.39 is 0 Å². The first-order valence-electron chi connectivity index (χ1n) is 29.0. The highest BCUT2D eigenvalue weighted by atomic mass is 79.9. The second kappa shape index (κ2) is 23.8. The minimum absolute atomic E-state index is 0.338. The van der Waals surface area contributed by atoms with Crippen molar-refractivity contribution < 1.29 is 28.1 Å². The number of hydrogen-bond acceptors (Lipinski definition) is 16. The van der Waals surface area contributed by atoms with Gasteiger partial charge in [0.2, 0.25) is 0 Å². The van der Waals surface area contributed by atoms with Gasteiger partial charge in [0, 0.05) is 87.9 Å². The number of esters is 2. The van der Waals surface area contributed by atoms with Crippen molar-refractivity contribution in [1.29, 1.82) is 0 Å². The number of halogens is 5. The Morgan fingerprint density at radius 3 is 1.44 bits per heavy atom. The third-order valence-electron chi connectivity index (χ3n) is 17.9. The number of piperidine rings is 2. The summed E-state index contributed by atoms with van der Waals surface area (Å²) in [5.74, 6) is 2.08. The third-order valence-corrected chi connectivity index (χ3v) is 21.8. The molecule has 8 heterocycles. The number of anilines is 2. The van der Waals surface area contributed by atoms with Gasteiger partial charge in [-0.05, 0) is 153 Å². The maximum Gasteiger partial charge on any atom is 0.339 e. The lowest BCUT2D eigenvalue weighted by molar-refractivity contribution is 0.0592. The second-order valence-corrected chi connectivity index (χ2v) is 27.7. The zero-order valence-electron chi connectivity index (χ0n) is 46.5. The van der Waals surface area contributed by atoms with E-state index in [-0.39, 0.29) is 11.9 Å². The van der Waals surface area contributed by atoms with E-state index in [1.54, 1.807) is 22.7 Å². The van der Waals surface area contributed by atoms with E-state index in [2.05, 4.69) is 46.7 Å². The molecule has 4 aromatic heterocycles. The maximum absolute atomic E-state index is 12.8. The van der Waals surface area contributed by atoms with Crippen LogP contribution in [0.5, 0.6) is 0 Å². The van der Waals surface area contributed by atoms with Crippen molar-refractivity contribution in [3.05, 3.63) is 149 Å². The molecule has 4 unspecified atom stereocenters. The quantitative estimate of drug-likeness (QED) is 0.0933.